The van der Waals surface area contributed by atoms with E-state index in [2.05, 4.69) is 15.6 Å². The van der Waals surface area contributed by atoms with Gasteiger partial charge in [0.2, 0.25) is 21.8 Å². The zero-order valence-electron chi connectivity index (χ0n) is 14.9. The van der Waals surface area contributed by atoms with Crippen LogP contribution in [0, 0.1) is 5.82 Å². The number of carbonyl (C=O) groups is 2. The van der Waals surface area contributed by atoms with E-state index >= 15 is 0 Å². The third-order valence-corrected chi connectivity index (χ3v) is 4.61. The lowest BCUT2D eigenvalue weighted by Gasteiger charge is -2.08. The van der Waals surface area contributed by atoms with E-state index in [1.807, 2.05) is 6.07 Å². The minimum absolute atomic E-state index is 0.0303. The maximum absolute atomic E-state index is 12.8. The fourth-order valence-corrected chi connectivity index (χ4v) is 2.94. The van der Waals surface area contributed by atoms with Crippen molar-refractivity contribution in [2.75, 3.05) is 6.54 Å². The van der Waals surface area contributed by atoms with E-state index in [1.165, 1.54) is 30.3 Å². The Morgan fingerprint density at radius 2 is 1.57 bits per heavy atom. The van der Waals surface area contributed by atoms with Crippen molar-refractivity contribution in [3.8, 4) is 0 Å². The van der Waals surface area contributed by atoms with Crippen molar-refractivity contribution in [3.05, 3.63) is 76.9 Å². The molecular weight excluding hydrogens is 385 g/mol. The summed E-state index contributed by atoms with van der Waals surface area (Å²) in [5.74, 6) is -1.44. The van der Waals surface area contributed by atoms with Crippen molar-refractivity contribution in [2.24, 2.45) is 0 Å². The number of amides is 2. The second kappa shape index (κ2) is 10.3. The summed E-state index contributed by atoms with van der Waals surface area (Å²) in [5, 5.41) is 1.02. The van der Waals surface area contributed by atoms with Crippen LogP contribution in [0.1, 0.15) is 17.5 Å². The van der Waals surface area contributed by atoms with Gasteiger partial charge in [0.05, 0.1) is 6.42 Å². The van der Waals surface area contributed by atoms with Crippen LogP contribution < -0.4 is 15.6 Å². The van der Waals surface area contributed by atoms with Gasteiger partial charge < -0.3 is 0 Å². The monoisotopic (exact) mass is 405 g/mol. The Hall–Kier alpha value is -3.04. The Kier molecular flexibility index (Phi) is 7.85. The number of rotatable bonds is 8. The van der Waals surface area contributed by atoms with Gasteiger partial charge in [-0.05, 0) is 29.3 Å². The highest BCUT2D eigenvalue weighted by atomic mass is 32.2. The molecule has 0 saturated heterocycles. The molecule has 9 heteroatoms. The third-order valence-electron chi connectivity index (χ3n) is 3.51. The van der Waals surface area contributed by atoms with E-state index in [9.17, 15) is 22.4 Å². The molecule has 0 radical (unpaired) electrons. The van der Waals surface area contributed by atoms with Crippen molar-refractivity contribution in [1.82, 2.24) is 15.6 Å². The molecular formula is C19H20FN3O4S. The molecule has 0 fully saturated rings. The molecule has 3 N–H and O–H groups in total. The summed E-state index contributed by atoms with van der Waals surface area (Å²) in [6.45, 7) is -0.124. The number of hydrazine groups is 1. The van der Waals surface area contributed by atoms with Crippen molar-refractivity contribution in [2.45, 2.75) is 12.8 Å². The summed E-state index contributed by atoms with van der Waals surface area (Å²) in [6.07, 6.45) is 1.25. The van der Waals surface area contributed by atoms with Gasteiger partial charge in [0.1, 0.15) is 5.82 Å². The van der Waals surface area contributed by atoms with Gasteiger partial charge >= 0.3 is 0 Å². The predicted octanol–water partition coefficient (Wildman–Crippen LogP) is 1.50. The SMILES string of the molecule is O=C(CCNS(=O)(=O)/C=C/c1ccccc1)NNC(=O)Cc1ccc(F)cc1. The standard InChI is InChI=1S/C19H20FN3O4S/c20-17-8-6-16(7-9-17)14-19(25)23-22-18(24)10-12-21-28(26,27)13-11-15-4-2-1-3-5-15/h1-9,11,13,21H,10,12,14H2,(H,22,24)(H,23,25)/b13-11+. The first-order chi connectivity index (χ1) is 13.3. The van der Waals surface area contributed by atoms with Crippen molar-refractivity contribution < 1.29 is 22.4 Å². The molecule has 0 aliphatic heterocycles. The number of halogens is 1. The van der Waals surface area contributed by atoms with Gasteiger partial charge in [0.15, 0.2) is 0 Å². The molecule has 0 bridgehead atoms. The first-order valence-electron chi connectivity index (χ1n) is 8.39. The quantitative estimate of drug-likeness (QED) is 0.579. The number of benzene rings is 2. The lowest BCUT2D eigenvalue weighted by Crippen LogP contribution is -2.43. The molecule has 2 aromatic rings. The van der Waals surface area contributed by atoms with Crippen LogP contribution in [0.5, 0.6) is 0 Å². The average molecular weight is 405 g/mol. The van der Waals surface area contributed by atoms with Crippen molar-refractivity contribution >= 4 is 27.9 Å². The molecule has 0 aliphatic rings. The second-order valence-electron chi connectivity index (χ2n) is 5.80. The molecule has 0 saturated carbocycles. The van der Waals surface area contributed by atoms with Gasteiger partial charge in [-0.2, -0.15) is 0 Å². The van der Waals surface area contributed by atoms with Crippen LogP contribution in [0.2, 0.25) is 0 Å². The minimum Gasteiger partial charge on any atom is -0.273 e. The van der Waals surface area contributed by atoms with E-state index in [0.29, 0.717) is 5.56 Å². The molecule has 2 aromatic carbocycles. The van der Waals surface area contributed by atoms with Crippen LogP contribution in [0.3, 0.4) is 0 Å². The third kappa shape index (κ3) is 8.11. The molecule has 7 nitrogen and oxygen atoms in total. The lowest BCUT2D eigenvalue weighted by molar-refractivity contribution is -0.128. The summed E-state index contributed by atoms with van der Waals surface area (Å²) in [4.78, 5) is 23.4. The Morgan fingerprint density at radius 1 is 0.929 bits per heavy atom. The number of sulfonamides is 1. The van der Waals surface area contributed by atoms with E-state index in [-0.39, 0.29) is 19.4 Å². The maximum Gasteiger partial charge on any atom is 0.242 e. The fraction of sp³-hybridized carbons (Fsp3) is 0.158. The number of hydrogen-bond donors (Lipinski definition) is 3. The van der Waals surface area contributed by atoms with Crippen LogP contribution >= 0.6 is 0 Å². The summed E-state index contributed by atoms with van der Waals surface area (Å²) in [7, 11) is -3.68. The van der Waals surface area contributed by atoms with Gasteiger partial charge in [0, 0.05) is 18.4 Å². The molecule has 0 atom stereocenters. The zero-order valence-corrected chi connectivity index (χ0v) is 15.7. The predicted molar refractivity (Wildman–Crippen MR) is 103 cm³/mol. The van der Waals surface area contributed by atoms with Gasteiger partial charge in [-0.25, -0.2) is 17.5 Å². The molecule has 0 heterocycles. The molecule has 0 unspecified atom stereocenters. The molecule has 0 spiro atoms. The fourth-order valence-electron chi connectivity index (χ4n) is 2.12. The average Bonchev–Trinajstić information content (AvgIpc) is 2.67. The van der Waals surface area contributed by atoms with Crippen LogP contribution in [0.25, 0.3) is 6.08 Å². The highest BCUT2D eigenvalue weighted by molar-refractivity contribution is 7.92. The number of nitrogens with one attached hydrogen (secondary N) is 3. The van der Waals surface area contributed by atoms with Gasteiger partial charge in [-0.15, -0.1) is 0 Å². The van der Waals surface area contributed by atoms with Gasteiger partial charge in [0.25, 0.3) is 0 Å². The van der Waals surface area contributed by atoms with Crippen LogP contribution in [0.4, 0.5) is 4.39 Å². The van der Waals surface area contributed by atoms with E-state index in [1.54, 1.807) is 24.3 Å². The number of hydrogen-bond acceptors (Lipinski definition) is 4. The van der Waals surface area contributed by atoms with E-state index < -0.39 is 27.7 Å². The van der Waals surface area contributed by atoms with E-state index in [0.717, 1.165) is 11.0 Å². The van der Waals surface area contributed by atoms with Crippen LogP contribution in [-0.2, 0) is 26.0 Å². The lowest BCUT2D eigenvalue weighted by atomic mass is 10.1. The van der Waals surface area contributed by atoms with Crippen LogP contribution in [0.15, 0.2) is 60.0 Å². The Labute approximate surface area is 162 Å². The summed E-state index contributed by atoms with van der Waals surface area (Å²) in [6, 6.07) is 14.3. The van der Waals surface area contributed by atoms with Crippen molar-refractivity contribution in [3.63, 3.8) is 0 Å². The normalized spacial score (nSPS) is 11.3. The summed E-state index contributed by atoms with van der Waals surface area (Å²) >= 11 is 0. The molecule has 2 rings (SSSR count). The number of carbonyl (C=O) groups excluding carboxylic acids is 2. The maximum atomic E-state index is 12.8. The summed E-state index contributed by atoms with van der Waals surface area (Å²) < 4.78 is 38.8. The Morgan fingerprint density at radius 3 is 2.25 bits per heavy atom. The summed E-state index contributed by atoms with van der Waals surface area (Å²) in [5.41, 5.74) is 5.73. The smallest absolute Gasteiger partial charge is 0.242 e. The Balaban J connectivity index is 1.68. The highest BCUT2D eigenvalue weighted by Crippen LogP contribution is 2.03. The highest BCUT2D eigenvalue weighted by Gasteiger charge is 2.09. The molecule has 0 aliphatic carbocycles. The minimum atomic E-state index is -3.68. The van der Waals surface area contributed by atoms with Crippen LogP contribution in [-0.4, -0.2) is 26.8 Å². The molecule has 28 heavy (non-hydrogen) atoms. The molecule has 2 amide bonds. The van der Waals surface area contributed by atoms with Gasteiger partial charge in [-0.1, -0.05) is 42.5 Å². The zero-order chi connectivity index (χ0) is 20.4. The molecule has 0 aromatic heterocycles. The topological polar surface area (TPSA) is 104 Å². The first kappa shape index (κ1) is 21.3. The second-order valence-corrected chi connectivity index (χ2v) is 7.45. The first-order valence-corrected chi connectivity index (χ1v) is 9.93. The van der Waals surface area contributed by atoms with Crippen molar-refractivity contribution in [1.29, 1.82) is 0 Å². The molecule has 148 valence electrons. The van der Waals surface area contributed by atoms with E-state index in [4.69, 9.17) is 0 Å². The van der Waals surface area contributed by atoms with Gasteiger partial charge in [-0.3, -0.25) is 20.4 Å². The largest absolute Gasteiger partial charge is 0.273 e. The Bertz CT molecular complexity index is 929.